The third-order valence-corrected chi connectivity index (χ3v) is 7.87. The molecule has 1 fully saturated rings. The van der Waals surface area contributed by atoms with Crippen LogP contribution in [-0.4, -0.2) is 51.7 Å². The third kappa shape index (κ3) is 4.65. The average Bonchev–Trinajstić information content (AvgIpc) is 3.61. The van der Waals surface area contributed by atoms with Gasteiger partial charge in [-0.05, 0) is 64.7 Å². The highest BCUT2D eigenvalue weighted by molar-refractivity contribution is 5.92. The molecule has 10 nitrogen and oxygen atoms in total. The van der Waals surface area contributed by atoms with Gasteiger partial charge in [-0.2, -0.15) is 0 Å². The van der Waals surface area contributed by atoms with Crippen molar-refractivity contribution < 1.29 is 43.1 Å². The number of nitrogens with one attached hydrogen (secondary N) is 1. The van der Waals surface area contributed by atoms with Gasteiger partial charge in [0, 0.05) is 17.9 Å². The van der Waals surface area contributed by atoms with Crippen molar-refractivity contribution in [3.63, 3.8) is 0 Å². The van der Waals surface area contributed by atoms with Gasteiger partial charge in [-0.1, -0.05) is 12.1 Å². The number of benzene rings is 3. The average molecular weight is 560 g/mol. The summed E-state index contributed by atoms with van der Waals surface area (Å²) in [5.41, 5.74) is 3.05. The molecule has 0 unspecified atom stereocenters. The standard InChI is InChI=1S/C31H29NO9/c1-36-18-6-4-5-16(9-18)7-8-26(33)32-29-20-13-23-22(40-15-41-23)12-19(20)27(28-21(29)14-39-31(28)35)17-10-24(37-2)30(34)25(11-17)38-3/h4-13,21,27-29,34H,14-15H2,1-3H3,(H,32,33)/b8-7+/t21-,27+,28-,29+/m0/s1. The first-order valence-electron chi connectivity index (χ1n) is 13.1. The van der Waals surface area contributed by atoms with E-state index in [1.807, 2.05) is 36.4 Å². The molecule has 3 aromatic carbocycles. The molecule has 0 spiro atoms. The van der Waals surface area contributed by atoms with Crippen molar-refractivity contribution in [1.29, 1.82) is 0 Å². The van der Waals surface area contributed by atoms with Crippen LogP contribution in [0.3, 0.4) is 0 Å². The molecule has 6 rings (SSSR count). The van der Waals surface area contributed by atoms with E-state index in [9.17, 15) is 14.7 Å². The number of cyclic esters (lactones) is 1. The number of aromatic hydroxyl groups is 1. The highest BCUT2D eigenvalue weighted by Gasteiger charge is 2.53. The van der Waals surface area contributed by atoms with E-state index in [0.29, 0.717) is 22.8 Å². The molecule has 3 aliphatic rings. The monoisotopic (exact) mass is 559 g/mol. The Morgan fingerprint density at radius 2 is 1.66 bits per heavy atom. The number of ether oxygens (including phenoxy) is 6. The second-order valence-corrected chi connectivity index (χ2v) is 10.0. The van der Waals surface area contributed by atoms with E-state index in [0.717, 1.165) is 16.7 Å². The van der Waals surface area contributed by atoms with Gasteiger partial charge in [0.25, 0.3) is 0 Å². The number of phenolic OH excluding ortho intramolecular Hbond substituents is 1. The number of rotatable bonds is 7. The SMILES string of the molecule is COc1cccc(/C=C/C(=O)N[C@@H]2c3cc4c(cc3[C@@H](c3cc(OC)c(O)c(OC)c3)[C@H]3C(=O)OC[C@@H]32)OCO4)c1. The van der Waals surface area contributed by atoms with Crippen molar-refractivity contribution >= 4 is 18.0 Å². The predicted octanol–water partition coefficient (Wildman–Crippen LogP) is 3.95. The van der Waals surface area contributed by atoms with Gasteiger partial charge in [0.2, 0.25) is 18.4 Å². The number of fused-ring (bicyclic) bond motifs is 3. The zero-order chi connectivity index (χ0) is 28.7. The minimum atomic E-state index is -0.630. The molecule has 1 amide bonds. The maximum absolute atomic E-state index is 13.3. The minimum absolute atomic E-state index is 0.0684. The van der Waals surface area contributed by atoms with Crippen LogP contribution in [0.4, 0.5) is 0 Å². The highest BCUT2D eigenvalue weighted by Crippen LogP contribution is 2.55. The number of carbonyl (C=O) groups is 2. The van der Waals surface area contributed by atoms with Gasteiger partial charge in [0.05, 0.1) is 39.9 Å². The van der Waals surface area contributed by atoms with Gasteiger partial charge in [-0.25, -0.2) is 0 Å². The summed E-state index contributed by atoms with van der Waals surface area (Å²) in [4.78, 5) is 26.5. The van der Waals surface area contributed by atoms with Crippen LogP contribution in [0.25, 0.3) is 6.08 Å². The van der Waals surface area contributed by atoms with E-state index in [1.165, 1.54) is 20.3 Å². The van der Waals surface area contributed by atoms with Crippen molar-refractivity contribution in [2.24, 2.45) is 11.8 Å². The van der Waals surface area contributed by atoms with Crippen LogP contribution in [0.5, 0.6) is 34.5 Å². The molecular weight excluding hydrogens is 530 g/mol. The molecule has 2 aliphatic heterocycles. The van der Waals surface area contributed by atoms with Gasteiger partial charge in [-0.15, -0.1) is 0 Å². The molecule has 0 saturated carbocycles. The first-order chi connectivity index (χ1) is 19.9. The Bertz CT molecular complexity index is 1520. The molecule has 2 N–H and O–H groups in total. The summed E-state index contributed by atoms with van der Waals surface area (Å²) in [7, 11) is 4.48. The molecule has 0 radical (unpaired) electrons. The lowest BCUT2D eigenvalue weighted by molar-refractivity contribution is -0.141. The van der Waals surface area contributed by atoms with E-state index in [-0.39, 0.29) is 48.4 Å². The molecule has 1 aliphatic carbocycles. The molecule has 1 saturated heterocycles. The maximum atomic E-state index is 13.3. The second-order valence-electron chi connectivity index (χ2n) is 10.0. The van der Waals surface area contributed by atoms with Crippen LogP contribution >= 0.6 is 0 Å². The Hall–Kier alpha value is -4.86. The smallest absolute Gasteiger partial charge is 0.310 e. The van der Waals surface area contributed by atoms with E-state index in [4.69, 9.17) is 28.4 Å². The van der Waals surface area contributed by atoms with Crippen molar-refractivity contribution in [3.8, 4) is 34.5 Å². The molecule has 0 bridgehead atoms. The number of hydrogen-bond donors (Lipinski definition) is 2. The Balaban J connectivity index is 1.43. The van der Waals surface area contributed by atoms with Gasteiger partial charge in [-0.3, -0.25) is 9.59 Å². The molecule has 4 atom stereocenters. The van der Waals surface area contributed by atoms with Crippen LogP contribution in [0.1, 0.15) is 34.2 Å². The molecule has 41 heavy (non-hydrogen) atoms. The van der Waals surface area contributed by atoms with Crippen LogP contribution in [-0.2, 0) is 14.3 Å². The number of hydrogen-bond acceptors (Lipinski definition) is 9. The molecule has 0 aromatic heterocycles. The lowest BCUT2D eigenvalue weighted by atomic mass is 9.65. The summed E-state index contributed by atoms with van der Waals surface area (Å²) in [5.74, 6) is -0.144. The van der Waals surface area contributed by atoms with Crippen molar-refractivity contribution in [1.82, 2.24) is 5.32 Å². The van der Waals surface area contributed by atoms with Crippen LogP contribution in [0, 0.1) is 11.8 Å². The first kappa shape index (κ1) is 26.4. The Morgan fingerprint density at radius 3 is 2.34 bits per heavy atom. The predicted molar refractivity (Wildman–Crippen MR) is 146 cm³/mol. The largest absolute Gasteiger partial charge is 0.502 e. The minimum Gasteiger partial charge on any atom is -0.502 e. The number of methoxy groups -OCH3 is 3. The fourth-order valence-corrected chi connectivity index (χ4v) is 5.96. The fourth-order valence-electron chi connectivity index (χ4n) is 5.96. The molecule has 212 valence electrons. The number of phenols is 1. The lowest BCUT2D eigenvalue weighted by Crippen LogP contribution is -2.42. The van der Waals surface area contributed by atoms with Crippen LogP contribution in [0.15, 0.2) is 54.6 Å². The highest BCUT2D eigenvalue weighted by atomic mass is 16.7. The first-order valence-corrected chi connectivity index (χ1v) is 13.1. The van der Waals surface area contributed by atoms with E-state index in [1.54, 1.807) is 25.3 Å². The lowest BCUT2D eigenvalue weighted by Gasteiger charge is -2.39. The number of amides is 1. The fraction of sp³-hybridized carbons (Fsp3) is 0.290. The normalized spacial score (nSPS) is 22.1. The summed E-state index contributed by atoms with van der Waals surface area (Å²) in [6, 6.07) is 13.9. The Labute approximate surface area is 236 Å². The summed E-state index contributed by atoms with van der Waals surface area (Å²) >= 11 is 0. The number of esters is 1. The zero-order valence-electron chi connectivity index (χ0n) is 22.7. The van der Waals surface area contributed by atoms with Crippen molar-refractivity contribution in [2.45, 2.75) is 12.0 Å². The van der Waals surface area contributed by atoms with E-state index < -0.39 is 17.9 Å². The Kier molecular flexibility index (Phi) is 6.82. The zero-order valence-corrected chi connectivity index (χ0v) is 22.7. The molecular formula is C31H29NO9. The Morgan fingerprint density at radius 1 is 0.951 bits per heavy atom. The van der Waals surface area contributed by atoms with E-state index in [2.05, 4.69) is 5.32 Å². The van der Waals surface area contributed by atoms with Gasteiger partial charge in [0.15, 0.2) is 23.0 Å². The molecule has 3 aromatic rings. The van der Waals surface area contributed by atoms with Gasteiger partial charge < -0.3 is 38.8 Å². The van der Waals surface area contributed by atoms with Gasteiger partial charge >= 0.3 is 5.97 Å². The number of carbonyl (C=O) groups excluding carboxylic acids is 2. The third-order valence-electron chi connectivity index (χ3n) is 7.87. The van der Waals surface area contributed by atoms with Gasteiger partial charge in [0.1, 0.15) is 5.75 Å². The summed E-state index contributed by atoms with van der Waals surface area (Å²) < 4.78 is 33.0. The van der Waals surface area contributed by atoms with Crippen LogP contribution < -0.4 is 29.0 Å². The molecule has 2 heterocycles. The van der Waals surface area contributed by atoms with E-state index >= 15 is 0 Å². The summed E-state index contributed by atoms with van der Waals surface area (Å²) in [6.45, 7) is 0.198. The summed E-state index contributed by atoms with van der Waals surface area (Å²) in [6.07, 6.45) is 3.16. The van der Waals surface area contributed by atoms with Crippen molar-refractivity contribution in [2.75, 3.05) is 34.7 Å². The topological polar surface area (TPSA) is 122 Å². The van der Waals surface area contributed by atoms with Crippen molar-refractivity contribution in [3.05, 3.63) is 76.9 Å². The second kappa shape index (κ2) is 10.6. The quantitative estimate of drug-likeness (QED) is 0.327. The summed E-state index contributed by atoms with van der Waals surface area (Å²) in [5, 5.41) is 13.6. The molecule has 10 heteroatoms. The maximum Gasteiger partial charge on any atom is 0.310 e. The van der Waals surface area contributed by atoms with Crippen LogP contribution in [0.2, 0.25) is 0 Å².